The second-order valence-corrected chi connectivity index (χ2v) is 1.47. The van der Waals surface area contributed by atoms with Crippen molar-refractivity contribution in [3.05, 3.63) is 12.7 Å². The lowest BCUT2D eigenvalue weighted by Crippen LogP contribution is -2.08. The molecule has 0 spiro atoms. The highest BCUT2D eigenvalue weighted by atomic mass is 15.4. The standard InChI is InChI=1S/C6H12N2/c1-4-6-7-8(3)5-2/h4,6H,1,5H2,2-3H3/b7-6-. The summed E-state index contributed by atoms with van der Waals surface area (Å²) >= 11 is 0. The van der Waals surface area contributed by atoms with E-state index >= 15 is 0 Å². The summed E-state index contributed by atoms with van der Waals surface area (Å²) in [5.74, 6) is 0. The molecule has 0 aromatic heterocycles. The van der Waals surface area contributed by atoms with Gasteiger partial charge in [-0.3, -0.25) is 0 Å². The summed E-state index contributed by atoms with van der Waals surface area (Å²) in [6.45, 7) is 6.47. The number of hydrogen-bond donors (Lipinski definition) is 0. The molecule has 0 aliphatic carbocycles. The van der Waals surface area contributed by atoms with Gasteiger partial charge in [0.1, 0.15) is 0 Å². The average molecular weight is 112 g/mol. The molecular weight excluding hydrogens is 100 g/mol. The van der Waals surface area contributed by atoms with E-state index in [2.05, 4.69) is 11.7 Å². The smallest absolute Gasteiger partial charge is 0.0464 e. The Labute approximate surface area is 50.5 Å². The SMILES string of the molecule is C=C/C=N\N(C)CC. The van der Waals surface area contributed by atoms with Crippen molar-refractivity contribution in [1.82, 2.24) is 5.01 Å². The van der Waals surface area contributed by atoms with Crippen LogP contribution in [-0.4, -0.2) is 24.8 Å². The quantitative estimate of drug-likeness (QED) is 0.394. The lowest BCUT2D eigenvalue weighted by Gasteiger charge is -2.06. The van der Waals surface area contributed by atoms with E-state index in [1.165, 1.54) is 0 Å². The Hall–Kier alpha value is -0.790. The molecule has 0 unspecified atom stereocenters. The predicted octanol–water partition coefficient (Wildman–Crippen LogP) is 1.11. The minimum atomic E-state index is 0.935. The lowest BCUT2D eigenvalue weighted by molar-refractivity contribution is 0.378. The topological polar surface area (TPSA) is 15.6 Å². The van der Waals surface area contributed by atoms with Gasteiger partial charge in [-0.15, -0.1) is 0 Å². The van der Waals surface area contributed by atoms with Gasteiger partial charge < -0.3 is 5.01 Å². The third kappa shape index (κ3) is 3.40. The zero-order valence-electron chi connectivity index (χ0n) is 5.46. The Morgan fingerprint density at radius 3 is 2.75 bits per heavy atom. The van der Waals surface area contributed by atoms with Crippen LogP contribution in [0.15, 0.2) is 17.8 Å². The highest BCUT2D eigenvalue weighted by molar-refractivity contribution is 5.69. The van der Waals surface area contributed by atoms with Gasteiger partial charge in [0.15, 0.2) is 0 Å². The zero-order chi connectivity index (χ0) is 6.41. The molecule has 0 aliphatic rings. The Bertz CT molecular complexity index is 86.5. The molecule has 0 saturated heterocycles. The minimum absolute atomic E-state index is 0.935. The first-order chi connectivity index (χ1) is 3.81. The van der Waals surface area contributed by atoms with Crippen LogP contribution in [0.5, 0.6) is 0 Å². The number of hydrogen-bond acceptors (Lipinski definition) is 2. The van der Waals surface area contributed by atoms with Gasteiger partial charge in [0, 0.05) is 19.8 Å². The van der Waals surface area contributed by atoms with Crippen LogP contribution in [-0.2, 0) is 0 Å². The van der Waals surface area contributed by atoms with E-state index < -0.39 is 0 Å². The van der Waals surface area contributed by atoms with Gasteiger partial charge in [-0.1, -0.05) is 6.58 Å². The normalized spacial score (nSPS) is 9.75. The molecule has 0 saturated carbocycles. The Morgan fingerprint density at radius 1 is 1.75 bits per heavy atom. The molecule has 0 radical (unpaired) electrons. The van der Waals surface area contributed by atoms with Gasteiger partial charge in [-0.25, -0.2) is 0 Å². The van der Waals surface area contributed by atoms with Gasteiger partial charge in [0.25, 0.3) is 0 Å². The molecule has 2 nitrogen and oxygen atoms in total. The first-order valence-electron chi connectivity index (χ1n) is 2.67. The maximum Gasteiger partial charge on any atom is 0.0464 e. The second-order valence-electron chi connectivity index (χ2n) is 1.47. The van der Waals surface area contributed by atoms with Crippen LogP contribution < -0.4 is 0 Å². The van der Waals surface area contributed by atoms with Gasteiger partial charge >= 0.3 is 0 Å². The van der Waals surface area contributed by atoms with Gasteiger partial charge in [-0.05, 0) is 13.0 Å². The number of nitrogens with zero attached hydrogens (tertiary/aromatic N) is 2. The summed E-state index contributed by atoms with van der Waals surface area (Å²) in [4.78, 5) is 0. The van der Waals surface area contributed by atoms with Crippen molar-refractivity contribution in [2.75, 3.05) is 13.6 Å². The third-order valence-corrected chi connectivity index (χ3v) is 0.827. The molecule has 0 bridgehead atoms. The van der Waals surface area contributed by atoms with E-state index in [-0.39, 0.29) is 0 Å². The van der Waals surface area contributed by atoms with Crippen molar-refractivity contribution < 1.29 is 0 Å². The lowest BCUT2D eigenvalue weighted by atomic mass is 10.7. The molecular formula is C6H12N2. The molecule has 0 fully saturated rings. The van der Waals surface area contributed by atoms with E-state index in [1.807, 2.05) is 19.0 Å². The van der Waals surface area contributed by atoms with E-state index in [0.717, 1.165) is 6.54 Å². The molecule has 0 atom stereocenters. The van der Waals surface area contributed by atoms with Crippen molar-refractivity contribution in [1.29, 1.82) is 0 Å². The number of allylic oxidation sites excluding steroid dienone is 1. The maximum atomic E-state index is 3.95. The Balaban J connectivity index is 3.35. The molecule has 0 N–H and O–H groups in total. The van der Waals surface area contributed by atoms with E-state index in [1.54, 1.807) is 12.3 Å². The van der Waals surface area contributed by atoms with Crippen LogP contribution in [0.4, 0.5) is 0 Å². The van der Waals surface area contributed by atoms with E-state index in [4.69, 9.17) is 0 Å². The van der Waals surface area contributed by atoms with Crippen molar-refractivity contribution in [2.24, 2.45) is 5.10 Å². The molecule has 0 heterocycles. The summed E-state index contributed by atoms with van der Waals surface area (Å²) < 4.78 is 0. The molecule has 46 valence electrons. The minimum Gasteiger partial charge on any atom is -0.300 e. The summed E-state index contributed by atoms with van der Waals surface area (Å²) in [6, 6.07) is 0. The summed E-state index contributed by atoms with van der Waals surface area (Å²) in [7, 11) is 1.92. The fourth-order valence-corrected chi connectivity index (χ4v) is 0.243. The molecule has 0 aliphatic heterocycles. The Kier molecular flexibility index (Phi) is 3.94. The maximum absolute atomic E-state index is 3.95. The van der Waals surface area contributed by atoms with Crippen LogP contribution >= 0.6 is 0 Å². The van der Waals surface area contributed by atoms with Crippen molar-refractivity contribution in [2.45, 2.75) is 6.92 Å². The molecule has 8 heavy (non-hydrogen) atoms. The highest BCUT2D eigenvalue weighted by Crippen LogP contribution is 1.77. The average Bonchev–Trinajstić information content (AvgIpc) is 1.83. The summed E-state index contributed by atoms with van der Waals surface area (Å²) in [6.07, 6.45) is 3.33. The molecule has 0 amide bonds. The predicted molar refractivity (Wildman–Crippen MR) is 37.0 cm³/mol. The number of rotatable bonds is 3. The van der Waals surface area contributed by atoms with Gasteiger partial charge in [-0.2, -0.15) is 5.10 Å². The van der Waals surface area contributed by atoms with Crippen LogP contribution in [0.1, 0.15) is 6.92 Å². The fraction of sp³-hybridized carbons (Fsp3) is 0.500. The van der Waals surface area contributed by atoms with Crippen molar-refractivity contribution in [3.8, 4) is 0 Å². The zero-order valence-corrected chi connectivity index (χ0v) is 5.46. The monoisotopic (exact) mass is 112 g/mol. The second kappa shape index (κ2) is 4.37. The van der Waals surface area contributed by atoms with E-state index in [9.17, 15) is 0 Å². The summed E-state index contributed by atoms with van der Waals surface area (Å²) in [5.41, 5.74) is 0. The van der Waals surface area contributed by atoms with Crippen LogP contribution in [0.25, 0.3) is 0 Å². The Morgan fingerprint density at radius 2 is 2.38 bits per heavy atom. The third-order valence-electron chi connectivity index (χ3n) is 0.827. The highest BCUT2D eigenvalue weighted by Gasteiger charge is 1.78. The molecule has 0 rings (SSSR count). The van der Waals surface area contributed by atoms with Gasteiger partial charge in [0.05, 0.1) is 0 Å². The van der Waals surface area contributed by atoms with Crippen LogP contribution in [0.2, 0.25) is 0 Å². The first kappa shape index (κ1) is 7.21. The summed E-state index contributed by atoms with van der Waals surface area (Å²) in [5, 5.41) is 5.79. The largest absolute Gasteiger partial charge is 0.300 e. The van der Waals surface area contributed by atoms with Crippen molar-refractivity contribution in [3.63, 3.8) is 0 Å². The molecule has 0 aromatic rings. The number of hydrazone groups is 1. The first-order valence-corrected chi connectivity index (χ1v) is 2.67. The molecule has 0 aromatic carbocycles. The van der Waals surface area contributed by atoms with Gasteiger partial charge in [0.2, 0.25) is 0 Å². The molecule has 2 heteroatoms. The van der Waals surface area contributed by atoms with Crippen molar-refractivity contribution >= 4 is 6.21 Å². The van der Waals surface area contributed by atoms with E-state index in [0.29, 0.717) is 0 Å². The van der Waals surface area contributed by atoms with Crippen LogP contribution in [0, 0.1) is 0 Å². The fourth-order valence-electron chi connectivity index (χ4n) is 0.243. The van der Waals surface area contributed by atoms with Crippen LogP contribution in [0.3, 0.4) is 0 Å².